The lowest BCUT2D eigenvalue weighted by molar-refractivity contribution is 0.569. The van der Waals surface area contributed by atoms with Crippen LogP contribution in [0.1, 0.15) is 19.9 Å². The summed E-state index contributed by atoms with van der Waals surface area (Å²) in [5.74, 6) is 0. The van der Waals surface area contributed by atoms with E-state index in [-0.39, 0.29) is 0 Å². The van der Waals surface area contributed by atoms with Gasteiger partial charge in [0.15, 0.2) is 0 Å². The standard InChI is InChI=1S/C9H14N2/c1-8(2)11-7-5-4-6-9(11)10-3/h4-8H,1-3H3. The summed E-state index contributed by atoms with van der Waals surface area (Å²) in [5, 5.41) is 0. The van der Waals surface area contributed by atoms with Crippen LogP contribution in [0.25, 0.3) is 0 Å². The van der Waals surface area contributed by atoms with Crippen LogP contribution in [0.2, 0.25) is 0 Å². The van der Waals surface area contributed by atoms with Gasteiger partial charge in [-0.1, -0.05) is 6.07 Å². The molecule has 1 aromatic rings. The maximum atomic E-state index is 4.15. The molecule has 0 bridgehead atoms. The Morgan fingerprint density at radius 3 is 2.55 bits per heavy atom. The van der Waals surface area contributed by atoms with Crippen LogP contribution < -0.4 is 5.49 Å². The van der Waals surface area contributed by atoms with Crippen LogP contribution >= 0.6 is 0 Å². The molecule has 0 aliphatic rings. The lowest BCUT2D eigenvalue weighted by Gasteiger charge is -2.09. The molecule has 1 aromatic heterocycles. The minimum atomic E-state index is 0.481. The third-order valence-corrected chi connectivity index (χ3v) is 1.65. The summed E-state index contributed by atoms with van der Waals surface area (Å²) in [6, 6.07) is 6.52. The van der Waals surface area contributed by atoms with Crippen LogP contribution in [0.15, 0.2) is 29.4 Å². The monoisotopic (exact) mass is 150 g/mol. The SMILES string of the molecule is CN=c1ccccn1C(C)C. The highest BCUT2D eigenvalue weighted by Gasteiger charge is 1.94. The highest BCUT2D eigenvalue weighted by Crippen LogP contribution is 1.97. The summed E-state index contributed by atoms with van der Waals surface area (Å²) in [6.07, 6.45) is 2.05. The van der Waals surface area contributed by atoms with Gasteiger partial charge in [0.25, 0.3) is 0 Å². The smallest absolute Gasteiger partial charge is 0.127 e. The maximum Gasteiger partial charge on any atom is 0.127 e. The first kappa shape index (κ1) is 8.05. The van der Waals surface area contributed by atoms with Crippen LogP contribution in [0.4, 0.5) is 0 Å². The van der Waals surface area contributed by atoms with E-state index in [1.807, 2.05) is 31.4 Å². The Bertz CT molecular complexity index is 284. The second kappa shape index (κ2) is 3.37. The van der Waals surface area contributed by atoms with Gasteiger partial charge in [-0.2, -0.15) is 0 Å². The third-order valence-electron chi connectivity index (χ3n) is 1.65. The van der Waals surface area contributed by atoms with Crippen LogP contribution in [0.5, 0.6) is 0 Å². The van der Waals surface area contributed by atoms with E-state index in [0.29, 0.717) is 6.04 Å². The summed E-state index contributed by atoms with van der Waals surface area (Å²) >= 11 is 0. The first-order valence-corrected chi connectivity index (χ1v) is 3.85. The van der Waals surface area contributed by atoms with Crippen molar-refractivity contribution in [3.05, 3.63) is 29.9 Å². The van der Waals surface area contributed by atoms with Gasteiger partial charge in [0.05, 0.1) is 0 Å². The molecule has 0 spiro atoms. The zero-order valence-electron chi connectivity index (χ0n) is 7.28. The Balaban J connectivity index is 3.25. The van der Waals surface area contributed by atoms with Crippen LogP contribution in [0.3, 0.4) is 0 Å². The molecule has 0 unspecified atom stereocenters. The van der Waals surface area contributed by atoms with Crippen LogP contribution in [-0.2, 0) is 0 Å². The third kappa shape index (κ3) is 1.70. The van der Waals surface area contributed by atoms with Gasteiger partial charge in [0, 0.05) is 19.3 Å². The second-order valence-corrected chi connectivity index (χ2v) is 2.78. The molecule has 0 saturated carbocycles. The molecule has 1 rings (SSSR count). The Morgan fingerprint density at radius 2 is 2.09 bits per heavy atom. The summed E-state index contributed by atoms with van der Waals surface area (Å²) in [7, 11) is 1.81. The summed E-state index contributed by atoms with van der Waals surface area (Å²) < 4.78 is 2.14. The molecule has 0 aliphatic heterocycles. The average molecular weight is 150 g/mol. The quantitative estimate of drug-likeness (QED) is 0.578. The molecule has 0 aliphatic carbocycles. The maximum absolute atomic E-state index is 4.15. The molecule has 0 atom stereocenters. The van der Waals surface area contributed by atoms with Crippen molar-refractivity contribution in [1.82, 2.24) is 4.57 Å². The first-order chi connectivity index (χ1) is 5.25. The number of hydrogen-bond acceptors (Lipinski definition) is 1. The van der Waals surface area contributed by atoms with Crippen molar-refractivity contribution in [1.29, 1.82) is 0 Å². The van der Waals surface area contributed by atoms with Crippen molar-refractivity contribution in [2.24, 2.45) is 4.99 Å². The van der Waals surface area contributed by atoms with Crippen LogP contribution in [-0.4, -0.2) is 11.6 Å². The molecule has 0 saturated heterocycles. The topological polar surface area (TPSA) is 17.3 Å². The van der Waals surface area contributed by atoms with E-state index in [1.165, 1.54) is 0 Å². The largest absolute Gasteiger partial charge is 0.331 e. The summed E-state index contributed by atoms with van der Waals surface area (Å²) in [6.45, 7) is 4.30. The van der Waals surface area contributed by atoms with Crippen molar-refractivity contribution >= 4 is 0 Å². The van der Waals surface area contributed by atoms with Crippen molar-refractivity contribution in [2.75, 3.05) is 7.05 Å². The average Bonchev–Trinajstić information content (AvgIpc) is 2.04. The molecule has 1 heterocycles. The highest BCUT2D eigenvalue weighted by atomic mass is 15.0. The van der Waals surface area contributed by atoms with Crippen molar-refractivity contribution in [3.63, 3.8) is 0 Å². The van der Waals surface area contributed by atoms with E-state index < -0.39 is 0 Å². The van der Waals surface area contributed by atoms with Crippen molar-refractivity contribution in [2.45, 2.75) is 19.9 Å². The Labute approximate surface area is 67.2 Å². The van der Waals surface area contributed by atoms with E-state index in [4.69, 9.17) is 0 Å². The fourth-order valence-electron chi connectivity index (χ4n) is 1.07. The van der Waals surface area contributed by atoms with Gasteiger partial charge in [0.2, 0.25) is 0 Å². The van der Waals surface area contributed by atoms with E-state index >= 15 is 0 Å². The summed E-state index contributed by atoms with van der Waals surface area (Å²) in [5.41, 5.74) is 1.03. The number of hydrogen-bond donors (Lipinski definition) is 0. The van der Waals surface area contributed by atoms with Gasteiger partial charge in [-0.05, 0) is 26.0 Å². The molecule has 0 aromatic carbocycles. The van der Waals surface area contributed by atoms with Gasteiger partial charge in [-0.15, -0.1) is 0 Å². The second-order valence-electron chi connectivity index (χ2n) is 2.78. The van der Waals surface area contributed by atoms with Gasteiger partial charge in [-0.3, -0.25) is 4.99 Å². The molecule has 0 fully saturated rings. The minimum absolute atomic E-state index is 0.481. The predicted octanol–water partition coefficient (Wildman–Crippen LogP) is 1.60. The normalized spacial score (nSPS) is 12.5. The fraction of sp³-hybridized carbons (Fsp3) is 0.444. The Morgan fingerprint density at radius 1 is 1.36 bits per heavy atom. The molecule has 11 heavy (non-hydrogen) atoms. The zero-order valence-corrected chi connectivity index (χ0v) is 7.28. The van der Waals surface area contributed by atoms with E-state index in [2.05, 4.69) is 23.4 Å². The van der Waals surface area contributed by atoms with Gasteiger partial charge < -0.3 is 4.57 Å². The molecular weight excluding hydrogens is 136 g/mol. The van der Waals surface area contributed by atoms with E-state index in [9.17, 15) is 0 Å². The number of aromatic nitrogens is 1. The number of pyridine rings is 1. The van der Waals surface area contributed by atoms with E-state index in [1.54, 1.807) is 0 Å². The fourth-order valence-corrected chi connectivity index (χ4v) is 1.07. The predicted molar refractivity (Wildman–Crippen MR) is 46.3 cm³/mol. The molecule has 0 radical (unpaired) electrons. The first-order valence-electron chi connectivity index (χ1n) is 3.85. The Kier molecular flexibility index (Phi) is 2.47. The molecule has 60 valence electrons. The van der Waals surface area contributed by atoms with Gasteiger partial charge in [-0.25, -0.2) is 0 Å². The molecule has 0 amide bonds. The minimum Gasteiger partial charge on any atom is -0.331 e. The number of nitrogens with zero attached hydrogens (tertiary/aromatic N) is 2. The van der Waals surface area contributed by atoms with Crippen molar-refractivity contribution in [3.8, 4) is 0 Å². The zero-order chi connectivity index (χ0) is 8.27. The van der Waals surface area contributed by atoms with Gasteiger partial charge >= 0.3 is 0 Å². The van der Waals surface area contributed by atoms with E-state index in [0.717, 1.165) is 5.49 Å². The molecule has 2 nitrogen and oxygen atoms in total. The molecular formula is C9H14N2. The highest BCUT2D eigenvalue weighted by molar-refractivity contribution is 4.93. The Hall–Kier alpha value is -1.05. The molecule has 2 heteroatoms. The lowest BCUT2D eigenvalue weighted by Crippen LogP contribution is -2.20. The van der Waals surface area contributed by atoms with Gasteiger partial charge in [0.1, 0.15) is 5.49 Å². The summed E-state index contributed by atoms with van der Waals surface area (Å²) in [4.78, 5) is 4.15. The lowest BCUT2D eigenvalue weighted by atomic mass is 10.3. The van der Waals surface area contributed by atoms with Crippen LogP contribution in [0, 0.1) is 0 Å². The van der Waals surface area contributed by atoms with Crippen molar-refractivity contribution < 1.29 is 0 Å². The molecule has 0 N–H and O–H groups in total. The number of rotatable bonds is 1.